The highest BCUT2D eigenvalue weighted by molar-refractivity contribution is 6.11. The lowest BCUT2D eigenvalue weighted by molar-refractivity contribution is 0.590. The van der Waals surface area contributed by atoms with E-state index in [0.717, 1.165) is 6.42 Å². The van der Waals surface area contributed by atoms with Gasteiger partial charge in [-0.3, -0.25) is 0 Å². The van der Waals surface area contributed by atoms with Crippen LogP contribution >= 0.6 is 0 Å². The molecule has 70 heavy (non-hydrogen) atoms. The third-order valence-electron chi connectivity index (χ3n) is 16.4. The molecule has 0 spiro atoms. The van der Waals surface area contributed by atoms with Crippen LogP contribution in [0.3, 0.4) is 0 Å². The zero-order chi connectivity index (χ0) is 49.2. The highest BCUT2D eigenvalue weighted by atomic mass is 15.0. The SMILES string of the molecule is CC(C)(C)c1ccc2c(c1)c1cc(C(C)(C)C)ccc1n2-c1ccc2c(c1)Cc1cc(-c3ccc4c(c3)C(C)(C)c3cc(-n5c6ccc(C(C)(C)C)cc6c6cc(C(C)(C)C)ccc65)ccc3-4)ccc1-2. The number of aromatic nitrogens is 2. The first-order valence-electron chi connectivity index (χ1n) is 25.7. The van der Waals surface area contributed by atoms with Crippen LogP contribution in [0.15, 0.2) is 146 Å². The van der Waals surface area contributed by atoms with Gasteiger partial charge in [0.2, 0.25) is 0 Å². The smallest absolute Gasteiger partial charge is 0.0541 e. The zero-order valence-electron chi connectivity index (χ0n) is 44.0. The summed E-state index contributed by atoms with van der Waals surface area (Å²) in [5.41, 5.74) is 26.6. The van der Waals surface area contributed by atoms with Crippen LogP contribution < -0.4 is 0 Å². The summed E-state index contributed by atoms with van der Waals surface area (Å²) >= 11 is 0. The van der Waals surface area contributed by atoms with Crippen molar-refractivity contribution < 1.29 is 0 Å². The van der Waals surface area contributed by atoms with E-state index in [1.54, 1.807) is 0 Å². The van der Waals surface area contributed by atoms with Gasteiger partial charge in [-0.1, -0.05) is 164 Å². The van der Waals surface area contributed by atoms with Crippen molar-refractivity contribution in [1.29, 1.82) is 0 Å². The summed E-state index contributed by atoms with van der Waals surface area (Å²) in [5.74, 6) is 0. The van der Waals surface area contributed by atoms with Gasteiger partial charge in [-0.05, 0) is 185 Å². The Morgan fingerprint density at radius 3 is 1.07 bits per heavy atom. The second-order valence-corrected chi connectivity index (χ2v) is 25.6. The van der Waals surface area contributed by atoms with Crippen LogP contribution in [0.5, 0.6) is 0 Å². The molecular formula is C68H68N2. The lowest BCUT2D eigenvalue weighted by Crippen LogP contribution is -2.15. The number of fused-ring (bicyclic) bond motifs is 12. The van der Waals surface area contributed by atoms with Gasteiger partial charge in [-0.15, -0.1) is 0 Å². The highest BCUT2D eigenvalue weighted by Crippen LogP contribution is 2.51. The average molecular weight is 913 g/mol. The summed E-state index contributed by atoms with van der Waals surface area (Å²) in [6.45, 7) is 32.6. The molecule has 2 nitrogen and oxygen atoms in total. The summed E-state index contributed by atoms with van der Waals surface area (Å²) in [5, 5.41) is 5.31. The molecular weight excluding hydrogens is 845 g/mol. The Bertz CT molecular complexity index is 3710. The first kappa shape index (κ1) is 44.6. The molecule has 0 N–H and O–H groups in total. The Kier molecular flexibility index (Phi) is 9.36. The summed E-state index contributed by atoms with van der Waals surface area (Å²) < 4.78 is 5.01. The lowest BCUT2D eigenvalue weighted by Gasteiger charge is -2.23. The van der Waals surface area contributed by atoms with Gasteiger partial charge < -0.3 is 9.13 Å². The van der Waals surface area contributed by atoms with E-state index in [-0.39, 0.29) is 27.1 Å². The second-order valence-electron chi connectivity index (χ2n) is 25.6. The molecule has 0 atom stereocenters. The molecule has 0 aliphatic heterocycles. The molecule has 2 aliphatic rings. The van der Waals surface area contributed by atoms with Crippen LogP contribution in [0.25, 0.3) is 88.4 Å². The van der Waals surface area contributed by atoms with E-state index >= 15 is 0 Å². The van der Waals surface area contributed by atoms with Crippen molar-refractivity contribution in [3.8, 4) is 44.8 Å². The standard InChI is InChI=1S/C68H68N2/c1-64(2,3)44-17-27-60-54(35-44)55-36-45(65(4,5)6)18-28-61(55)69(60)48-21-25-51-43(33-48)32-42-31-40(15-23-50(42)51)41-16-24-52-53-26-22-49(39-59(53)68(13,14)58(52)34-41)70-62-29-19-46(66(7,8)9)37-56(62)57-38-47(67(10,11)12)20-30-63(57)70/h15-31,33-39H,32H2,1-14H3. The fourth-order valence-corrected chi connectivity index (χ4v) is 12.0. The van der Waals surface area contributed by atoms with Crippen molar-refractivity contribution >= 4 is 43.6 Å². The minimum atomic E-state index is -0.174. The number of rotatable bonds is 3. The monoisotopic (exact) mass is 913 g/mol. The van der Waals surface area contributed by atoms with Crippen LogP contribution in [0.4, 0.5) is 0 Å². The molecule has 0 amide bonds. The topological polar surface area (TPSA) is 9.86 Å². The van der Waals surface area contributed by atoms with Crippen LogP contribution in [-0.2, 0) is 33.5 Å². The Hall–Kier alpha value is -6.64. The molecule has 2 heteroatoms. The van der Waals surface area contributed by atoms with Gasteiger partial charge in [0.1, 0.15) is 0 Å². The molecule has 0 bridgehead atoms. The molecule has 2 heterocycles. The van der Waals surface area contributed by atoms with Crippen molar-refractivity contribution in [1.82, 2.24) is 9.13 Å². The van der Waals surface area contributed by atoms with Gasteiger partial charge >= 0.3 is 0 Å². The Morgan fingerprint density at radius 1 is 0.329 bits per heavy atom. The molecule has 2 aromatic heterocycles. The molecule has 10 aromatic rings. The van der Waals surface area contributed by atoms with Crippen molar-refractivity contribution in [2.45, 2.75) is 130 Å². The molecule has 0 saturated carbocycles. The summed E-state index contributed by atoms with van der Waals surface area (Å²) in [4.78, 5) is 0. The molecule has 12 rings (SSSR count). The molecule has 2 aliphatic carbocycles. The van der Waals surface area contributed by atoms with Gasteiger partial charge in [0.15, 0.2) is 0 Å². The summed E-state index contributed by atoms with van der Waals surface area (Å²) in [7, 11) is 0. The van der Waals surface area contributed by atoms with E-state index < -0.39 is 0 Å². The van der Waals surface area contributed by atoms with Gasteiger partial charge in [0.25, 0.3) is 0 Å². The molecule has 0 radical (unpaired) electrons. The first-order chi connectivity index (χ1) is 32.9. The number of nitrogens with zero attached hydrogens (tertiary/aromatic N) is 2. The van der Waals surface area contributed by atoms with Gasteiger partial charge in [0, 0.05) is 38.3 Å². The fourth-order valence-electron chi connectivity index (χ4n) is 12.0. The van der Waals surface area contributed by atoms with Gasteiger partial charge in [0.05, 0.1) is 22.1 Å². The summed E-state index contributed by atoms with van der Waals surface area (Å²) in [6.07, 6.45) is 0.925. The predicted molar refractivity (Wildman–Crippen MR) is 301 cm³/mol. The third-order valence-corrected chi connectivity index (χ3v) is 16.4. The quantitative estimate of drug-likeness (QED) is 0.167. The number of benzene rings is 8. The van der Waals surface area contributed by atoms with E-state index in [9.17, 15) is 0 Å². The average Bonchev–Trinajstić information content (AvgIpc) is 4.01. The van der Waals surface area contributed by atoms with E-state index in [2.05, 4.69) is 252 Å². The molecule has 350 valence electrons. The molecule has 0 unspecified atom stereocenters. The maximum absolute atomic E-state index is 2.51. The van der Waals surface area contributed by atoms with Crippen molar-refractivity contribution in [2.75, 3.05) is 0 Å². The molecule has 0 saturated heterocycles. The number of hydrogen-bond acceptors (Lipinski definition) is 0. The van der Waals surface area contributed by atoms with Crippen molar-refractivity contribution in [2.24, 2.45) is 0 Å². The molecule has 8 aromatic carbocycles. The highest BCUT2D eigenvalue weighted by Gasteiger charge is 2.36. The van der Waals surface area contributed by atoms with Gasteiger partial charge in [-0.25, -0.2) is 0 Å². The minimum absolute atomic E-state index is 0.0609. The van der Waals surface area contributed by atoms with Crippen LogP contribution in [-0.4, -0.2) is 9.13 Å². The maximum Gasteiger partial charge on any atom is 0.0541 e. The minimum Gasteiger partial charge on any atom is -0.309 e. The van der Waals surface area contributed by atoms with E-state index in [1.165, 1.54) is 133 Å². The Labute approximate surface area is 416 Å². The van der Waals surface area contributed by atoms with E-state index in [1.807, 2.05) is 0 Å². The summed E-state index contributed by atoms with van der Waals surface area (Å²) in [6, 6.07) is 57.3. The normalized spacial score (nSPS) is 14.5. The molecule has 0 fully saturated rings. The van der Waals surface area contributed by atoms with Crippen molar-refractivity contribution in [3.05, 3.63) is 190 Å². The Morgan fingerprint density at radius 2 is 0.657 bits per heavy atom. The van der Waals surface area contributed by atoms with E-state index in [0.29, 0.717) is 0 Å². The first-order valence-corrected chi connectivity index (χ1v) is 25.7. The zero-order valence-corrected chi connectivity index (χ0v) is 44.0. The maximum atomic E-state index is 2.51. The van der Waals surface area contributed by atoms with Gasteiger partial charge in [-0.2, -0.15) is 0 Å². The lowest BCUT2D eigenvalue weighted by atomic mass is 9.81. The fraction of sp³-hybridized carbons (Fsp3) is 0.294. The predicted octanol–water partition coefficient (Wildman–Crippen LogP) is 18.6. The van der Waals surface area contributed by atoms with E-state index in [4.69, 9.17) is 0 Å². The van der Waals surface area contributed by atoms with Crippen LogP contribution in [0.2, 0.25) is 0 Å². The number of hydrogen-bond donors (Lipinski definition) is 0. The van der Waals surface area contributed by atoms with Crippen LogP contribution in [0, 0.1) is 0 Å². The van der Waals surface area contributed by atoms with Crippen LogP contribution in [0.1, 0.15) is 141 Å². The second kappa shape index (κ2) is 14.7. The Balaban J connectivity index is 0.887. The third kappa shape index (κ3) is 6.80. The largest absolute Gasteiger partial charge is 0.309 e. The van der Waals surface area contributed by atoms with Crippen molar-refractivity contribution in [3.63, 3.8) is 0 Å².